The molecule has 3 aromatic carbocycles. The second kappa shape index (κ2) is 14.2. The number of rotatable bonds is 9. The highest BCUT2D eigenvalue weighted by atomic mass is 14.8. The maximum Gasteiger partial charge on any atom is 0.0886 e. The first kappa shape index (κ1) is 32.0. The number of benzene rings is 3. The van der Waals surface area contributed by atoms with Crippen LogP contribution >= 0.6 is 0 Å². The predicted molar refractivity (Wildman–Crippen MR) is 204 cm³/mol. The molecule has 6 rings (SSSR count). The van der Waals surface area contributed by atoms with Gasteiger partial charge in [0.1, 0.15) is 0 Å². The molecule has 0 fully saturated rings. The fraction of sp³-hybridized carbons (Fsp3) is 0.0889. The van der Waals surface area contributed by atoms with Crippen LogP contribution in [-0.4, -0.2) is 15.0 Å². The summed E-state index contributed by atoms with van der Waals surface area (Å²) in [6, 6.07) is 35.7. The Labute approximate surface area is 284 Å². The number of hydrogen-bond acceptors (Lipinski definition) is 3. The van der Waals surface area contributed by atoms with Crippen LogP contribution in [0.25, 0.3) is 61.5 Å². The topological polar surface area (TPSA) is 38.7 Å². The van der Waals surface area contributed by atoms with E-state index in [2.05, 4.69) is 123 Å². The van der Waals surface area contributed by atoms with E-state index in [9.17, 15) is 0 Å². The van der Waals surface area contributed by atoms with E-state index in [0.29, 0.717) is 0 Å². The fourth-order valence-corrected chi connectivity index (χ4v) is 6.02. The second-order valence-electron chi connectivity index (χ2n) is 12.0. The molecule has 0 saturated carbocycles. The molecule has 3 heterocycles. The molecule has 0 N–H and O–H groups in total. The molecule has 234 valence electrons. The molecule has 3 aromatic heterocycles. The molecule has 0 bridgehead atoms. The van der Waals surface area contributed by atoms with Gasteiger partial charge in [0.05, 0.1) is 17.1 Å². The minimum atomic E-state index is 0.853. The van der Waals surface area contributed by atoms with E-state index in [4.69, 9.17) is 4.98 Å². The number of allylic oxidation sites excluding steroid dienone is 6. The van der Waals surface area contributed by atoms with E-state index in [0.717, 1.165) is 67.2 Å². The number of aryl methyl sites for hydroxylation is 1. The minimum Gasteiger partial charge on any atom is -0.256 e. The van der Waals surface area contributed by atoms with Crippen LogP contribution < -0.4 is 0 Å². The van der Waals surface area contributed by atoms with Crippen molar-refractivity contribution >= 4 is 16.7 Å². The SMILES string of the molecule is C=C(/C=C\C(=C/C)c1ccccn1)c1cc(-c2cc(-c3ccc(-c4ccccn4)nc3)ccc2C)c(C)c(-c2ccccc2C(=C)C)c1. The van der Waals surface area contributed by atoms with Gasteiger partial charge in [-0.3, -0.25) is 15.0 Å². The third-order valence-electron chi connectivity index (χ3n) is 8.74. The average molecular weight is 622 g/mol. The summed E-state index contributed by atoms with van der Waals surface area (Å²) >= 11 is 0. The Morgan fingerprint density at radius 1 is 0.625 bits per heavy atom. The van der Waals surface area contributed by atoms with Crippen LogP contribution in [-0.2, 0) is 0 Å². The van der Waals surface area contributed by atoms with Gasteiger partial charge in [0.15, 0.2) is 0 Å². The van der Waals surface area contributed by atoms with Crippen molar-refractivity contribution in [1.29, 1.82) is 0 Å². The highest BCUT2D eigenvalue weighted by molar-refractivity contribution is 5.91. The van der Waals surface area contributed by atoms with Gasteiger partial charge in [0, 0.05) is 24.2 Å². The normalized spacial score (nSPS) is 11.5. The molecule has 0 saturated heterocycles. The van der Waals surface area contributed by atoms with Crippen LogP contribution in [0.4, 0.5) is 0 Å². The van der Waals surface area contributed by atoms with E-state index in [1.165, 1.54) is 22.3 Å². The summed E-state index contributed by atoms with van der Waals surface area (Å²) in [6.07, 6.45) is 11.8. The van der Waals surface area contributed by atoms with Gasteiger partial charge in [-0.15, -0.1) is 0 Å². The molecular weight excluding hydrogens is 583 g/mol. The molecular formula is C45H39N3. The zero-order valence-corrected chi connectivity index (χ0v) is 28.0. The van der Waals surface area contributed by atoms with Crippen LogP contribution in [0.1, 0.15) is 41.8 Å². The molecule has 3 heteroatoms. The number of hydrogen-bond donors (Lipinski definition) is 0. The minimum absolute atomic E-state index is 0.853. The fourth-order valence-electron chi connectivity index (χ4n) is 6.02. The van der Waals surface area contributed by atoms with E-state index in [-0.39, 0.29) is 0 Å². The molecule has 0 spiro atoms. The first-order valence-corrected chi connectivity index (χ1v) is 16.2. The molecule has 0 amide bonds. The first-order valence-electron chi connectivity index (χ1n) is 16.2. The highest BCUT2D eigenvalue weighted by Gasteiger charge is 2.17. The van der Waals surface area contributed by atoms with Crippen molar-refractivity contribution in [2.45, 2.75) is 27.7 Å². The summed E-state index contributed by atoms with van der Waals surface area (Å²) in [6.45, 7) is 17.3. The van der Waals surface area contributed by atoms with E-state index in [1.54, 1.807) is 6.20 Å². The maximum atomic E-state index is 4.75. The highest BCUT2D eigenvalue weighted by Crippen LogP contribution is 2.40. The van der Waals surface area contributed by atoms with Gasteiger partial charge in [0.2, 0.25) is 0 Å². The van der Waals surface area contributed by atoms with Crippen molar-refractivity contribution < 1.29 is 0 Å². The summed E-state index contributed by atoms with van der Waals surface area (Å²) < 4.78 is 0. The lowest BCUT2D eigenvalue weighted by molar-refractivity contribution is 1.25. The zero-order chi connectivity index (χ0) is 33.6. The Hall–Kier alpha value is -5.93. The second-order valence-corrected chi connectivity index (χ2v) is 12.0. The summed E-state index contributed by atoms with van der Waals surface area (Å²) in [5.74, 6) is 0. The number of pyridine rings is 3. The monoisotopic (exact) mass is 621 g/mol. The van der Waals surface area contributed by atoms with Crippen LogP contribution in [0.5, 0.6) is 0 Å². The Morgan fingerprint density at radius 2 is 1.31 bits per heavy atom. The van der Waals surface area contributed by atoms with Gasteiger partial charge in [-0.1, -0.05) is 91.6 Å². The summed E-state index contributed by atoms with van der Waals surface area (Å²) in [5.41, 5.74) is 17.1. The van der Waals surface area contributed by atoms with Crippen LogP contribution in [0.3, 0.4) is 0 Å². The summed E-state index contributed by atoms with van der Waals surface area (Å²) in [5, 5.41) is 0. The van der Waals surface area contributed by atoms with Gasteiger partial charge in [-0.25, -0.2) is 0 Å². The van der Waals surface area contributed by atoms with Crippen molar-refractivity contribution in [3.63, 3.8) is 0 Å². The number of aromatic nitrogens is 3. The van der Waals surface area contributed by atoms with Gasteiger partial charge in [-0.2, -0.15) is 0 Å². The van der Waals surface area contributed by atoms with Crippen molar-refractivity contribution in [1.82, 2.24) is 15.0 Å². The summed E-state index contributed by atoms with van der Waals surface area (Å²) in [4.78, 5) is 13.7. The third-order valence-corrected chi connectivity index (χ3v) is 8.74. The molecule has 0 unspecified atom stereocenters. The Bertz CT molecular complexity index is 2170. The molecule has 0 radical (unpaired) electrons. The number of nitrogens with zero attached hydrogens (tertiary/aromatic N) is 3. The lowest BCUT2D eigenvalue weighted by Gasteiger charge is -2.20. The Kier molecular flexibility index (Phi) is 9.50. The molecule has 0 atom stereocenters. The van der Waals surface area contributed by atoms with Crippen molar-refractivity contribution in [2.24, 2.45) is 0 Å². The maximum absolute atomic E-state index is 4.75. The quantitative estimate of drug-likeness (QED) is 0.151. The molecule has 6 aromatic rings. The van der Waals surface area contributed by atoms with Crippen LogP contribution in [0.2, 0.25) is 0 Å². The van der Waals surface area contributed by atoms with Gasteiger partial charge < -0.3 is 0 Å². The zero-order valence-electron chi connectivity index (χ0n) is 28.0. The van der Waals surface area contributed by atoms with Gasteiger partial charge >= 0.3 is 0 Å². The molecule has 48 heavy (non-hydrogen) atoms. The Morgan fingerprint density at radius 3 is 1.98 bits per heavy atom. The largest absolute Gasteiger partial charge is 0.256 e. The van der Waals surface area contributed by atoms with Gasteiger partial charge in [0.25, 0.3) is 0 Å². The van der Waals surface area contributed by atoms with Crippen molar-refractivity contribution in [3.05, 3.63) is 181 Å². The van der Waals surface area contributed by atoms with Crippen molar-refractivity contribution in [3.8, 4) is 44.8 Å². The Balaban J connectivity index is 1.47. The first-order chi connectivity index (χ1) is 23.3. The lowest BCUT2D eigenvalue weighted by Crippen LogP contribution is -1.97. The van der Waals surface area contributed by atoms with Crippen LogP contribution in [0, 0.1) is 13.8 Å². The average Bonchev–Trinajstić information content (AvgIpc) is 3.13. The van der Waals surface area contributed by atoms with Gasteiger partial charge in [-0.05, 0) is 137 Å². The van der Waals surface area contributed by atoms with E-state index in [1.807, 2.05) is 61.8 Å². The summed E-state index contributed by atoms with van der Waals surface area (Å²) in [7, 11) is 0. The molecule has 0 aliphatic rings. The van der Waals surface area contributed by atoms with E-state index < -0.39 is 0 Å². The third kappa shape index (κ3) is 6.77. The van der Waals surface area contributed by atoms with E-state index >= 15 is 0 Å². The van der Waals surface area contributed by atoms with Crippen molar-refractivity contribution in [2.75, 3.05) is 0 Å². The smallest absolute Gasteiger partial charge is 0.0886 e. The molecule has 3 nitrogen and oxygen atoms in total. The van der Waals surface area contributed by atoms with Crippen LogP contribution in [0.15, 0.2) is 153 Å². The lowest BCUT2D eigenvalue weighted by atomic mass is 9.84. The molecule has 0 aliphatic carbocycles. The molecule has 0 aliphatic heterocycles. The predicted octanol–water partition coefficient (Wildman–Crippen LogP) is 11.9. The standard InChI is InChI=1S/C45H39N3/c1-7-34(43-16-10-12-24-46-43)20-18-31(4)37-27-41(39-15-9-8-14-38(39)30(2)3)33(6)42(28-37)40-26-35(21-19-32(40)5)36-22-23-45(48-29-36)44-17-11-13-25-47-44/h7-29H,2,4H2,1,3,5-6H3/b20-18-,34-7+.